The molecule has 1 amide bonds. The maximum Gasteiger partial charge on any atom is 0.223 e. The molecule has 1 atom stereocenters. The van der Waals surface area contributed by atoms with Gasteiger partial charge in [0.2, 0.25) is 5.91 Å². The summed E-state index contributed by atoms with van der Waals surface area (Å²) in [5, 5.41) is 3.24. The zero-order chi connectivity index (χ0) is 19.2. The molecule has 0 saturated carbocycles. The largest absolute Gasteiger partial charge is 0.349 e. The molecule has 0 aromatic heterocycles. The van der Waals surface area contributed by atoms with E-state index in [1.807, 2.05) is 12.1 Å². The molecule has 3 rings (SSSR count). The first-order valence-electron chi connectivity index (χ1n) is 9.89. The summed E-state index contributed by atoms with van der Waals surface area (Å²) >= 11 is 0. The molecule has 144 valence electrons. The van der Waals surface area contributed by atoms with Gasteiger partial charge in [0.05, 0.1) is 6.04 Å². The second kappa shape index (κ2) is 9.14. The minimum atomic E-state index is -0.201. The van der Waals surface area contributed by atoms with Gasteiger partial charge in [0.25, 0.3) is 0 Å². The molecule has 0 spiro atoms. The van der Waals surface area contributed by atoms with Gasteiger partial charge in [-0.05, 0) is 62.5 Å². The van der Waals surface area contributed by atoms with Gasteiger partial charge in [-0.1, -0.05) is 48.9 Å². The van der Waals surface area contributed by atoms with E-state index in [-0.39, 0.29) is 23.7 Å². The van der Waals surface area contributed by atoms with Crippen LogP contribution in [0.5, 0.6) is 0 Å². The lowest BCUT2D eigenvalue weighted by atomic mass is 9.94. The standard InChI is InChI=1S/C23H29FN2O/c1-3-22(19-8-4-17(2)5-9-19)25-23(27)20-12-14-26(15-13-20)16-18-6-10-21(24)11-7-18/h4-11,20,22H,3,12-16H2,1-2H3,(H,25,27)/t22-/m1/s1. The molecule has 1 fully saturated rings. The molecule has 1 saturated heterocycles. The Labute approximate surface area is 161 Å². The first-order chi connectivity index (χ1) is 13.0. The van der Waals surface area contributed by atoms with Crippen LogP contribution in [0.4, 0.5) is 4.39 Å². The molecule has 0 radical (unpaired) electrons. The van der Waals surface area contributed by atoms with E-state index in [4.69, 9.17) is 0 Å². The number of carbonyl (C=O) groups is 1. The maximum absolute atomic E-state index is 13.0. The van der Waals surface area contributed by atoms with E-state index in [9.17, 15) is 9.18 Å². The summed E-state index contributed by atoms with van der Waals surface area (Å²) in [5.41, 5.74) is 3.52. The van der Waals surface area contributed by atoms with Crippen molar-refractivity contribution >= 4 is 5.91 Å². The number of rotatable bonds is 6. The Kier molecular flexibility index (Phi) is 6.62. The highest BCUT2D eigenvalue weighted by Gasteiger charge is 2.26. The molecule has 0 bridgehead atoms. The number of halogens is 1. The van der Waals surface area contributed by atoms with Gasteiger partial charge < -0.3 is 5.32 Å². The van der Waals surface area contributed by atoms with Gasteiger partial charge in [-0.2, -0.15) is 0 Å². The molecule has 1 aliphatic heterocycles. The number of nitrogens with zero attached hydrogens (tertiary/aromatic N) is 1. The van der Waals surface area contributed by atoms with Gasteiger partial charge in [-0.25, -0.2) is 4.39 Å². The number of amides is 1. The van der Waals surface area contributed by atoms with E-state index in [2.05, 4.69) is 48.3 Å². The van der Waals surface area contributed by atoms with Crippen LogP contribution in [-0.4, -0.2) is 23.9 Å². The van der Waals surface area contributed by atoms with Gasteiger partial charge in [-0.3, -0.25) is 9.69 Å². The zero-order valence-electron chi connectivity index (χ0n) is 16.2. The summed E-state index contributed by atoms with van der Waals surface area (Å²) in [6.07, 6.45) is 2.63. The topological polar surface area (TPSA) is 32.3 Å². The Morgan fingerprint density at radius 2 is 1.74 bits per heavy atom. The Morgan fingerprint density at radius 3 is 2.33 bits per heavy atom. The molecular weight excluding hydrogens is 339 g/mol. The second-order valence-electron chi connectivity index (χ2n) is 7.56. The fourth-order valence-corrected chi connectivity index (χ4v) is 3.71. The van der Waals surface area contributed by atoms with Crippen molar-refractivity contribution in [1.29, 1.82) is 0 Å². The quantitative estimate of drug-likeness (QED) is 0.807. The van der Waals surface area contributed by atoms with Crippen molar-refractivity contribution in [2.75, 3.05) is 13.1 Å². The van der Waals surface area contributed by atoms with Crippen molar-refractivity contribution in [2.24, 2.45) is 5.92 Å². The first kappa shape index (κ1) is 19.6. The first-order valence-corrected chi connectivity index (χ1v) is 9.89. The van der Waals surface area contributed by atoms with Crippen molar-refractivity contribution in [1.82, 2.24) is 10.2 Å². The summed E-state index contributed by atoms with van der Waals surface area (Å²) in [6, 6.07) is 15.2. The minimum absolute atomic E-state index is 0.0777. The number of piperidine rings is 1. The number of carbonyl (C=O) groups excluding carboxylic acids is 1. The molecule has 2 aromatic carbocycles. The van der Waals surface area contributed by atoms with Crippen molar-refractivity contribution < 1.29 is 9.18 Å². The van der Waals surface area contributed by atoms with Gasteiger partial charge in [0, 0.05) is 12.5 Å². The van der Waals surface area contributed by atoms with Gasteiger partial charge in [0.15, 0.2) is 0 Å². The monoisotopic (exact) mass is 368 g/mol. The molecule has 1 heterocycles. The zero-order valence-corrected chi connectivity index (χ0v) is 16.2. The fourth-order valence-electron chi connectivity index (χ4n) is 3.71. The summed E-state index contributed by atoms with van der Waals surface area (Å²) in [6.45, 7) is 6.79. The minimum Gasteiger partial charge on any atom is -0.349 e. The number of benzene rings is 2. The van der Waals surface area contributed by atoms with E-state index in [0.29, 0.717) is 0 Å². The third-order valence-electron chi connectivity index (χ3n) is 5.48. The van der Waals surface area contributed by atoms with Crippen molar-refractivity contribution in [3.05, 3.63) is 71.0 Å². The van der Waals surface area contributed by atoms with Crippen LogP contribution in [0.1, 0.15) is 48.9 Å². The van der Waals surface area contributed by atoms with E-state index in [0.717, 1.165) is 44.5 Å². The van der Waals surface area contributed by atoms with E-state index in [1.165, 1.54) is 23.3 Å². The number of hydrogen-bond acceptors (Lipinski definition) is 2. The van der Waals surface area contributed by atoms with Crippen molar-refractivity contribution in [3.8, 4) is 0 Å². The summed E-state index contributed by atoms with van der Waals surface area (Å²) in [7, 11) is 0. The second-order valence-corrected chi connectivity index (χ2v) is 7.56. The Morgan fingerprint density at radius 1 is 1.11 bits per heavy atom. The normalized spacial score (nSPS) is 16.9. The van der Waals surface area contributed by atoms with Crippen LogP contribution >= 0.6 is 0 Å². The van der Waals surface area contributed by atoms with Gasteiger partial charge >= 0.3 is 0 Å². The van der Waals surface area contributed by atoms with E-state index >= 15 is 0 Å². The number of likely N-dealkylation sites (tertiary alicyclic amines) is 1. The molecule has 27 heavy (non-hydrogen) atoms. The summed E-state index contributed by atoms with van der Waals surface area (Å²) in [5.74, 6) is 0.0472. The molecule has 0 aliphatic carbocycles. The summed E-state index contributed by atoms with van der Waals surface area (Å²) in [4.78, 5) is 15.1. The lowest BCUT2D eigenvalue weighted by Crippen LogP contribution is -2.41. The predicted octanol–water partition coefficient (Wildman–Crippen LogP) is 4.61. The Bertz CT molecular complexity index is 734. The maximum atomic E-state index is 13.0. The SMILES string of the molecule is CC[C@@H](NC(=O)C1CCN(Cc2ccc(F)cc2)CC1)c1ccc(C)cc1. The van der Waals surface area contributed by atoms with E-state index in [1.54, 1.807) is 0 Å². The average Bonchev–Trinajstić information content (AvgIpc) is 2.69. The highest BCUT2D eigenvalue weighted by atomic mass is 19.1. The number of nitrogens with one attached hydrogen (secondary N) is 1. The Balaban J connectivity index is 1.50. The lowest BCUT2D eigenvalue weighted by Gasteiger charge is -2.32. The molecule has 0 unspecified atom stereocenters. The van der Waals surface area contributed by atoms with Crippen molar-refractivity contribution in [3.63, 3.8) is 0 Å². The van der Waals surface area contributed by atoms with Crippen LogP contribution in [-0.2, 0) is 11.3 Å². The third-order valence-corrected chi connectivity index (χ3v) is 5.48. The number of aryl methyl sites for hydroxylation is 1. The number of hydrogen-bond donors (Lipinski definition) is 1. The average molecular weight is 368 g/mol. The van der Waals surface area contributed by atoms with Crippen LogP contribution in [0.3, 0.4) is 0 Å². The highest BCUT2D eigenvalue weighted by Crippen LogP contribution is 2.22. The molecule has 3 nitrogen and oxygen atoms in total. The highest BCUT2D eigenvalue weighted by molar-refractivity contribution is 5.79. The van der Waals surface area contributed by atoms with Crippen LogP contribution in [0.15, 0.2) is 48.5 Å². The molecular formula is C23H29FN2O. The van der Waals surface area contributed by atoms with E-state index < -0.39 is 0 Å². The predicted molar refractivity (Wildman–Crippen MR) is 107 cm³/mol. The van der Waals surface area contributed by atoms with Crippen molar-refractivity contribution in [2.45, 2.75) is 45.7 Å². The van der Waals surface area contributed by atoms with Crippen LogP contribution < -0.4 is 5.32 Å². The van der Waals surface area contributed by atoms with Gasteiger partial charge in [0.1, 0.15) is 5.82 Å². The molecule has 1 N–H and O–H groups in total. The smallest absolute Gasteiger partial charge is 0.223 e. The third kappa shape index (κ3) is 5.39. The molecule has 4 heteroatoms. The van der Waals surface area contributed by atoms with Crippen LogP contribution in [0, 0.1) is 18.7 Å². The Hall–Kier alpha value is -2.20. The molecule has 1 aliphatic rings. The fraction of sp³-hybridized carbons (Fsp3) is 0.435. The van der Waals surface area contributed by atoms with Crippen LogP contribution in [0.25, 0.3) is 0 Å². The molecule has 2 aromatic rings. The van der Waals surface area contributed by atoms with Crippen LogP contribution in [0.2, 0.25) is 0 Å². The lowest BCUT2D eigenvalue weighted by molar-refractivity contribution is -0.127. The summed E-state index contributed by atoms with van der Waals surface area (Å²) < 4.78 is 13.0. The van der Waals surface area contributed by atoms with Gasteiger partial charge in [-0.15, -0.1) is 0 Å².